The number of hydrogen-bond acceptors (Lipinski definition) is 5. The summed E-state index contributed by atoms with van der Waals surface area (Å²) in [6.45, 7) is 0.529. The molecule has 1 fully saturated rings. The summed E-state index contributed by atoms with van der Waals surface area (Å²) in [5, 5.41) is 4.30. The molecule has 6 nitrogen and oxygen atoms in total. The minimum absolute atomic E-state index is 0.147. The highest BCUT2D eigenvalue weighted by Gasteiger charge is 2.34. The van der Waals surface area contributed by atoms with Gasteiger partial charge in [-0.15, -0.1) is 0 Å². The highest BCUT2D eigenvalue weighted by molar-refractivity contribution is 7.89. The molecular formula is C20H17ClF3N3O3S. The van der Waals surface area contributed by atoms with Crippen LogP contribution in [0.15, 0.2) is 57.9 Å². The smallest absolute Gasteiger partial charge is 0.339 e. The molecule has 1 aliphatic heterocycles. The monoisotopic (exact) mass is 471 g/mol. The van der Waals surface area contributed by atoms with Gasteiger partial charge in [-0.1, -0.05) is 28.9 Å². The second kappa shape index (κ2) is 8.25. The normalized spacial score (nSPS) is 18.3. The summed E-state index contributed by atoms with van der Waals surface area (Å²) in [6.07, 6.45) is -3.17. The quantitative estimate of drug-likeness (QED) is 0.536. The number of rotatable bonds is 4. The first kappa shape index (κ1) is 21.8. The fraction of sp³-hybridized carbons (Fsp3) is 0.300. The molecule has 11 heteroatoms. The molecule has 1 aliphatic rings. The summed E-state index contributed by atoms with van der Waals surface area (Å²) in [4.78, 5) is 4.45. The van der Waals surface area contributed by atoms with E-state index in [1.807, 2.05) is 0 Å². The van der Waals surface area contributed by atoms with Gasteiger partial charge in [-0.05, 0) is 49.2 Å². The summed E-state index contributed by atoms with van der Waals surface area (Å²) in [5.74, 6) is 0.0961. The fourth-order valence-electron chi connectivity index (χ4n) is 3.44. The number of halogens is 4. The predicted octanol–water partition coefficient (Wildman–Crippen LogP) is 4.98. The third kappa shape index (κ3) is 4.60. The minimum Gasteiger partial charge on any atom is -0.339 e. The van der Waals surface area contributed by atoms with E-state index in [1.54, 1.807) is 0 Å². The number of hydrogen-bond donors (Lipinski definition) is 0. The lowest BCUT2D eigenvalue weighted by molar-refractivity contribution is -0.137. The summed E-state index contributed by atoms with van der Waals surface area (Å²) in [5.41, 5.74) is -0.389. The van der Waals surface area contributed by atoms with Gasteiger partial charge in [0, 0.05) is 23.7 Å². The maximum Gasteiger partial charge on any atom is 0.416 e. The van der Waals surface area contributed by atoms with Gasteiger partial charge in [-0.25, -0.2) is 8.42 Å². The summed E-state index contributed by atoms with van der Waals surface area (Å²) in [6, 6.07) is 10.4. The van der Waals surface area contributed by atoms with Gasteiger partial charge in [0.2, 0.25) is 21.7 Å². The first-order valence-corrected chi connectivity index (χ1v) is 11.2. The van der Waals surface area contributed by atoms with Crippen LogP contribution in [0.1, 0.15) is 30.2 Å². The average Bonchev–Trinajstić information content (AvgIpc) is 3.24. The van der Waals surface area contributed by atoms with Crippen molar-refractivity contribution in [3.63, 3.8) is 0 Å². The Morgan fingerprint density at radius 1 is 1.06 bits per heavy atom. The largest absolute Gasteiger partial charge is 0.416 e. The molecule has 1 aromatic heterocycles. The molecule has 31 heavy (non-hydrogen) atoms. The van der Waals surface area contributed by atoms with E-state index in [2.05, 4.69) is 10.1 Å². The van der Waals surface area contributed by atoms with Crippen LogP contribution in [0.5, 0.6) is 0 Å². The van der Waals surface area contributed by atoms with Gasteiger partial charge in [0.15, 0.2) is 0 Å². The summed E-state index contributed by atoms with van der Waals surface area (Å²) >= 11 is 5.84. The van der Waals surface area contributed by atoms with Crippen molar-refractivity contribution < 1.29 is 26.1 Å². The van der Waals surface area contributed by atoms with Gasteiger partial charge < -0.3 is 4.52 Å². The van der Waals surface area contributed by atoms with Crippen molar-refractivity contribution in [2.45, 2.75) is 29.8 Å². The van der Waals surface area contributed by atoms with Crippen molar-refractivity contribution in [1.82, 2.24) is 14.4 Å². The predicted molar refractivity (Wildman–Crippen MR) is 107 cm³/mol. The van der Waals surface area contributed by atoms with Crippen molar-refractivity contribution in [3.8, 4) is 11.4 Å². The van der Waals surface area contributed by atoms with Crippen LogP contribution in [0.3, 0.4) is 0 Å². The van der Waals surface area contributed by atoms with Crippen LogP contribution in [0.2, 0.25) is 5.02 Å². The van der Waals surface area contributed by atoms with E-state index >= 15 is 0 Å². The highest BCUT2D eigenvalue weighted by atomic mass is 35.5. The highest BCUT2D eigenvalue weighted by Crippen LogP contribution is 2.33. The lowest BCUT2D eigenvalue weighted by atomic mass is 10.00. The third-order valence-electron chi connectivity index (χ3n) is 5.10. The number of nitrogens with zero attached hydrogens (tertiary/aromatic N) is 3. The Bertz CT molecular complexity index is 1160. The molecule has 4 rings (SSSR count). The van der Waals surface area contributed by atoms with Gasteiger partial charge >= 0.3 is 6.18 Å². The molecule has 0 amide bonds. The van der Waals surface area contributed by atoms with Crippen LogP contribution in [0.4, 0.5) is 13.2 Å². The molecule has 2 aromatic carbocycles. The maximum absolute atomic E-state index is 12.9. The molecule has 2 heterocycles. The van der Waals surface area contributed by atoms with Crippen LogP contribution in [0.25, 0.3) is 11.4 Å². The Kier molecular flexibility index (Phi) is 5.80. The Morgan fingerprint density at radius 3 is 2.39 bits per heavy atom. The van der Waals surface area contributed by atoms with Crippen LogP contribution in [-0.2, 0) is 16.2 Å². The molecule has 164 valence electrons. The van der Waals surface area contributed by atoms with Gasteiger partial charge in [-0.3, -0.25) is 0 Å². The van der Waals surface area contributed by atoms with Crippen LogP contribution >= 0.6 is 11.6 Å². The molecule has 1 unspecified atom stereocenters. The molecule has 0 aliphatic carbocycles. The first-order chi connectivity index (χ1) is 14.6. The van der Waals surface area contributed by atoms with Crippen LogP contribution in [0, 0.1) is 0 Å². The van der Waals surface area contributed by atoms with Gasteiger partial charge in [0.05, 0.1) is 16.4 Å². The van der Waals surface area contributed by atoms with E-state index in [9.17, 15) is 21.6 Å². The van der Waals surface area contributed by atoms with E-state index < -0.39 is 21.8 Å². The fourth-order valence-corrected chi connectivity index (χ4v) is 5.09. The number of aromatic nitrogens is 2. The topological polar surface area (TPSA) is 76.3 Å². The average molecular weight is 472 g/mol. The van der Waals surface area contributed by atoms with Crippen molar-refractivity contribution in [3.05, 3.63) is 65.0 Å². The second-order valence-electron chi connectivity index (χ2n) is 7.19. The van der Waals surface area contributed by atoms with E-state index in [1.165, 1.54) is 40.7 Å². The van der Waals surface area contributed by atoms with E-state index in [4.69, 9.17) is 16.1 Å². The Balaban J connectivity index is 1.52. The van der Waals surface area contributed by atoms with Crippen molar-refractivity contribution in [1.29, 1.82) is 0 Å². The lowest BCUT2D eigenvalue weighted by Gasteiger charge is -2.30. The number of piperidine rings is 1. The SMILES string of the molecule is O=S(=O)(c1ccc(Cl)cc1)N1CCCC(c2nc(-c3ccc(C(F)(F)F)cc3)no2)C1. The molecule has 0 N–H and O–H groups in total. The van der Waals surface area contributed by atoms with Crippen molar-refractivity contribution >= 4 is 21.6 Å². The van der Waals surface area contributed by atoms with Crippen molar-refractivity contribution in [2.75, 3.05) is 13.1 Å². The molecule has 0 bridgehead atoms. The van der Waals surface area contributed by atoms with Gasteiger partial charge in [0.25, 0.3) is 0 Å². The zero-order valence-corrected chi connectivity index (χ0v) is 17.6. The Hall–Kier alpha value is -2.43. The molecular weight excluding hydrogens is 455 g/mol. The second-order valence-corrected chi connectivity index (χ2v) is 9.56. The molecule has 0 spiro atoms. The van der Waals surface area contributed by atoms with Crippen LogP contribution in [-0.4, -0.2) is 36.0 Å². The van der Waals surface area contributed by atoms with E-state index in [0.29, 0.717) is 30.0 Å². The summed E-state index contributed by atoms with van der Waals surface area (Å²) in [7, 11) is -3.71. The molecule has 3 aromatic rings. The Morgan fingerprint density at radius 2 is 1.74 bits per heavy atom. The van der Waals surface area contributed by atoms with Gasteiger partial charge in [-0.2, -0.15) is 22.5 Å². The molecule has 1 atom stereocenters. The lowest BCUT2D eigenvalue weighted by Crippen LogP contribution is -2.39. The Labute approximate surface area is 181 Å². The third-order valence-corrected chi connectivity index (χ3v) is 7.23. The molecule has 1 saturated heterocycles. The first-order valence-electron chi connectivity index (χ1n) is 9.41. The zero-order chi connectivity index (χ0) is 22.2. The van der Waals surface area contributed by atoms with Crippen molar-refractivity contribution in [2.24, 2.45) is 0 Å². The van der Waals surface area contributed by atoms with Crippen LogP contribution < -0.4 is 0 Å². The minimum atomic E-state index is -4.43. The molecule has 0 saturated carbocycles. The maximum atomic E-state index is 12.9. The zero-order valence-electron chi connectivity index (χ0n) is 16.0. The van der Waals surface area contributed by atoms with E-state index in [-0.39, 0.29) is 29.1 Å². The number of sulfonamides is 1. The van der Waals surface area contributed by atoms with Gasteiger partial charge in [0.1, 0.15) is 0 Å². The number of alkyl halides is 3. The number of benzene rings is 2. The summed E-state index contributed by atoms with van der Waals surface area (Å²) < 4.78 is 70.8. The van der Waals surface area contributed by atoms with E-state index in [0.717, 1.165) is 12.1 Å². The molecule has 0 radical (unpaired) electrons. The standard InChI is InChI=1S/C20H17ClF3N3O3S/c21-16-7-9-17(10-8-16)31(28,29)27-11-1-2-14(12-27)19-25-18(26-30-19)13-3-5-15(6-4-13)20(22,23)24/h3-10,14H,1-2,11-12H2.